The maximum absolute atomic E-state index is 12.9. The van der Waals surface area contributed by atoms with Gasteiger partial charge < -0.3 is 14.8 Å². The third-order valence-corrected chi connectivity index (χ3v) is 6.67. The molecular formula is C23H25N3O3S. The smallest absolute Gasteiger partial charge is 0.238 e. The first-order chi connectivity index (χ1) is 14.4. The van der Waals surface area contributed by atoms with Crippen molar-refractivity contribution in [3.8, 4) is 17.2 Å². The second-order valence-electron chi connectivity index (χ2n) is 7.33. The van der Waals surface area contributed by atoms with Gasteiger partial charge in [-0.25, -0.2) is 4.68 Å². The SMILES string of the molecule is COc1cccc([C@@H]2S[C@@H](C)C(=O)Nc3c2c(C)nn3-c2cccc(C)c2)c1OC. The normalized spacial score (nSPS) is 18.4. The van der Waals surface area contributed by atoms with Crippen molar-refractivity contribution in [2.45, 2.75) is 31.3 Å². The molecular weight excluding hydrogens is 398 g/mol. The molecule has 2 atom stereocenters. The molecule has 0 unspecified atom stereocenters. The van der Waals surface area contributed by atoms with Gasteiger partial charge >= 0.3 is 0 Å². The van der Waals surface area contributed by atoms with Crippen molar-refractivity contribution in [3.63, 3.8) is 0 Å². The monoisotopic (exact) mass is 423 g/mol. The number of carbonyl (C=O) groups excluding carboxylic acids is 1. The van der Waals surface area contributed by atoms with Crippen LogP contribution in [0.15, 0.2) is 42.5 Å². The van der Waals surface area contributed by atoms with Gasteiger partial charge in [0.05, 0.1) is 36.1 Å². The fourth-order valence-electron chi connectivity index (χ4n) is 3.82. The Morgan fingerprint density at radius 2 is 1.87 bits per heavy atom. The predicted molar refractivity (Wildman–Crippen MR) is 120 cm³/mol. The molecule has 1 aliphatic heterocycles. The van der Waals surface area contributed by atoms with Crippen LogP contribution in [0.25, 0.3) is 5.69 Å². The third-order valence-electron chi connectivity index (χ3n) is 5.28. The van der Waals surface area contributed by atoms with Crippen LogP contribution in [0.1, 0.15) is 34.6 Å². The van der Waals surface area contributed by atoms with Crippen LogP contribution in [0.4, 0.5) is 5.82 Å². The summed E-state index contributed by atoms with van der Waals surface area (Å²) in [6.07, 6.45) is 0. The molecule has 1 N–H and O–H groups in total. The third kappa shape index (κ3) is 3.43. The molecule has 7 heteroatoms. The van der Waals surface area contributed by atoms with Crippen molar-refractivity contribution in [3.05, 3.63) is 64.8 Å². The Balaban J connectivity index is 1.95. The minimum atomic E-state index is -0.247. The molecule has 2 heterocycles. The number of para-hydroxylation sites is 1. The van der Waals surface area contributed by atoms with Gasteiger partial charge in [-0.2, -0.15) is 5.10 Å². The van der Waals surface area contributed by atoms with E-state index in [2.05, 4.69) is 11.4 Å². The number of rotatable bonds is 4. The van der Waals surface area contributed by atoms with Crippen LogP contribution in [-0.2, 0) is 4.79 Å². The van der Waals surface area contributed by atoms with E-state index in [0.29, 0.717) is 17.3 Å². The first-order valence-corrected chi connectivity index (χ1v) is 10.7. The molecule has 1 aromatic heterocycles. The number of nitrogens with one attached hydrogen (secondary N) is 1. The lowest BCUT2D eigenvalue weighted by atomic mass is 10.0. The lowest BCUT2D eigenvalue weighted by molar-refractivity contribution is -0.115. The van der Waals surface area contributed by atoms with Gasteiger partial charge in [0.15, 0.2) is 11.5 Å². The molecule has 0 bridgehead atoms. The van der Waals surface area contributed by atoms with Gasteiger partial charge in [0, 0.05) is 11.1 Å². The lowest BCUT2D eigenvalue weighted by Crippen LogP contribution is -2.22. The van der Waals surface area contributed by atoms with E-state index in [1.807, 2.05) is 61.9 Å². The van der Waals surface area contributed by atoms with Gasteiger partial charge in [0.25, 0.3) is 0 Å². The molecule has 1 amide bonds. The number of fused-ring (bicyclic) bond motifs is 1. The number of methoxy groups -OCH3 is 2. The molecule has 0 fully saturated rings. The second kappa shape index (κ2) is 8.07. The zero-order valence-electron chi connectivity index (χ0n) is 17.7. The van der Waals surface area contributed by atoms with E-state index >= 15 is 0 Å². The van der Waals surface area contributed by atoms with Crippen molar-refractivity contribution in [1.29, 1.82) is 0 Å². The number of anilines is 1. The summed E-state index contributed by atoms with van der Waals surface area (Å²) < 4.78 is 13.1. The van der Waals surface area contributed by atoms with Gasteiger partial charge in [-0.05, 0) is 44.5 Å². The molecule has 0 saturated carbocycles. The highest BCUT2D eigenvalue weighted by molar-refractivity contribution is 8.01. The number of amides is 1. The minimum absolute atomic E-state index is 0.0422. The molecule has 4 rings (SSSR count). The first kappa shape index (κ1) is 20.3. The van der Waals surface area contributed by atoms with E-state index < -0.39 is 0 Å². The van der Waals surface area contributed by atoms with E-state index in [9.17, 15) is 4.79 Å². The summed E-state index contributed by atoms with van der Waals surface area (Å²) in [5.74, 6) is 2.00. The summed E-state index contributed by atoms with van der Waals surface area (Å²) in [6, 6.07) is 13.9. The fourth-order valence-corrected chi connectivity index (χ4v) is 5.16. The van der Waals surface area contributed by atoms with Crippen LogP contribution >= 0.6 is 11.8 Å². The number of nitrogens with zero attached hydrogens (tertiary/aromatic N) is 2. The van der Waals surface area contributed by atoms with Crippen LogP contribution in [0.5, 0.6) is 11.5 Å². The highest BCUT2D eigenvalue weighted by Crippen LogP contribution is 2.50. The molecule has 0 radical (unpaired) electrons. The molecule has 0 aliphatic carbocycles. The van der Waals surface area contributed by atoms with E-state index in [-0.39, 0.29) is 16.4 Å². The first-order valence-electron chi connectivity index (χ1n) is 9.78. The molecule has 30 heavy (non-hydrogen) atoms. The molecule has 0 spiro atoms. The summed E-state index contributed by atoms with van der Waals surface area (Å²) in [4.78, 5) is 12.9. The van der Waals surface area contributed by atoms with E-state index in [0.717, 1.165) is 28.1 Å². The predicted octanol–water partition coefficient (Wildman–Crippen LogP) is 4.67. The summed E-state index contributed by atoms with van der Waals surface area (Å²) in [5.41, 5.74) is 4.84. The number of hydrogen-bond acceptors (Lipinski definition) is 5. The number of benzene rings is 2. The number of aromatic nitrogens is 2. The number of carbonyl (C=O) groups is 1. The molecule has 3 aromatic rings. The standard InChI is InChI=1S/C23H25N3O3S/c1-13-8-6-9-16(12-13)26-22-19(14(2)25-26)21(30-15(3)23(27)24-22)17-10-7-11-18(28-4)20(17)29-5/h6-12,15,21H,1-5H3,(H,24,27)/t15-,21-/m0/s1. The average molecular weight is 424 g/mol. The maximum atomic E-state index is 12.9. The zero-order valence-corrected chi connectivity index (χ0v) is 18.5. The van der Waals surface area contributed by atoms with Crippen molar-refractivity contribution in [1.82, 2.24) is 9.78 Å². The Bertz CT molecular complexity index is 1110. The Kier molecular flexibility index (Phi) is 5.47. The van der Waals surface area contributed by atoms with E-state index in [4.69, 9.17) is 14.6 Å². The van der Waals surface area contributed by atoms with Crippen molar-refractivity contribution < 1.29 is 14.3 Å². The maximum Gasteiger partial charge on any atom is 0.238 e. The average Bonchev–Trinajstić information content (AvgIpc) is 2.99. The highest BCUT2D eigenvalue weighted by Gasteiger charge is 2.35. The quantitative estimate of drug-likeness (QED) is 0.661. The summed E-state index contributed by atoms with van der Waals surface area (Å²) in [7, 11) is 3.27. The van der Waals surface area contributed by atoms with Gasteiger partial charge in [0.2, 0.25) is 5.91 Å². The van der Waals surface area contributed by atoms with Crippen molar-refractivity contribution in [2.24, 2.45) is 0 Å². The number of thioether (sulfide) groups is 1. The summed E-state index contributed by atoms with van der Waals surface area (Å²) in [5, 5.41) is 7.52. The molecule has 156 valence electrons. The molecule has 1 aliphatic rings. The van der Waals surface area contributed by atoms with Gasteiger partial charge in [-0.1, -0.05) is 24.3 Å². The zero-order chi connectivity index (χ0) is 21.4. The van der Waals surface area contributed by atoms with Gasteiger partial charge in [-0.15, -0.1) is 11.8 Å². The van der Waals surface area contributed by atoms with Crippen LogP contribution in [0.2, 0.25) is 0 Å². The Hall–Kier alpha value is -2.93. The van der Waals surface area contributed by atoms with Crippen LogP contribution < -0.4 is 14.8 Å². The molecule has 0 saturated heterocycles. The minimum Gasteiger partial charge on any atom is -0.493 e. The number of hydrogen-bond donors (Lipinski definition) is 1. The molecule has 2 aromatic carbocycles. The van der Waals surface area contributed by atoms with Crippen LogP contribution in [0, 0.1) is 13.8 Å². The van der Waals surface area contributed by atoms with Crippen molar-refractivity contribution in [2.75, 3.05) is 19.5 Å². The Morgan fingerprint density at radius 3 is 2.57 bits per heavy atom. The highest BCUT2D eigenvalue weighted by atomic mass is 32.2. The Labute approximate surface area is 180 Å². The molecule has 6 nitrogen and oxygen atoms in total. The van der Waals surface area contributed by atoms with Gasteiger partial charge in [0.1, 0.15) is 5.82 Å². The second-order valence-corrected chi connectivity index (χ2v) is 8.78. The van der Waals surface area contributed by atoms with Crippen molar-refractivity contribution >= 4 is 23.5 Å². The lowest BCUT2D eigenvalue weighted by Gasteiger charge is -2.21. The summed E-state index contributed by atoms with van der Waals surface area (Å²) >= 11 is 1.58. The van der Waals surface area contributed by atoms with E-state index in [1.165, 1.54) is 0 Å². The number of aryl methyl sites for hydroxylation is 2. The largest absolute Gasteiger partial charge is 0.493 e. The van der Waals surface area contributed by atoms with Gasteiger partial charge in [-0.3, -0.25) is 4.79 Å². The van der Waals surface area contributed by atoms with E-state index in [1.54, 1.807) is 26.0 Å². The summed E-state index contributed by atoms with van der Waals surface area (Å²) in [6.45, 7) is 5.94. The number of ether oxygens (including phenoxy) is 2. The van der Waals surface area contributed by atoms with Crippen LogP contribution in [0.3, 0.4) is 0 Å². The van der Waals surface area contributed by atoms with Crippen LogP contribution in [-0.4, -0.2) is 35.2 Å². The topological polar surface area (TPSA) is 65.4 Å². The fraction of sp³-hybridized carbons (Fsp3) is 0.304. The Morgan fingerprint density at radius 1 is 1.10 bits per heavy atom.